The van der Waals surface area contributed by atoms with E-state index in [4.69, 9.17) is 26.8 Å². The number of benzene rings is 1. The summed E-state index contributed by atoms with van der Waals surface area (Å²) in [5.41, 5.74) is 2.49. The van der Waals surface area contributed by atoms with E-state index in [2.05, 4.69) is 24.9 Å². The van der Waals surface area contributed by atoms with Crippen molar-refractivity contribution in [3.63, 3.8) is 0 Å². The van der Waals surface area contributed by atoms with Gasteiger partial charge in [-0.2, -0.15) is 9.97 Å². The van der Waals surface area contributed by atoms with Crippen LogP contribution >= 0.6 is 11.6 Å². The molecule has 5 N–H and O–H groups in total. The topological polar surface area (TPSA) is 209 Å². The zero-order valence-corrected chi connectivity index (χ0v) is 20.9. The first kappa shape index (κ1) is 25.9. The minimum absolute atomic E-state index is 0.0449. The van der Waals surface area contributed by atoms with E-state index in [1.807, 2.05) is 0 Å². The molecule has 6 rings (SSSR count). The van der Waals surface area contributed by atoms with Gasteiger partial charge in [-0.05, 0) is 22.7 Å². The highest BCUT2D eigenvalue weighted by Gasteiger charge is 2.80. The highest BCUT2D eigenvalue weighted by atomic mass is 35.5. The number of hydrogen-bond donors (Lipinski definition) is 4. The maximum absolute atomic E-state index is 15.6. The SMILES string of the molecule is Nc1nc(Cl)nc2c1ncn2[C@@H]1O[C@@H]2C(OC(Cc3ccc(-c4cncnc4)cc3)(C(=O)O)C(=O)O)[C@]2(O)[C@@H]1F. The first-order valence-electron chi connectivity index (χ1n) is 11.7. The lowest BCUT2D eigenvalue weighted by molar-refractivity contribution is -0.194. The van der Waals surface area contributed by atoms with Crippen molar-refractivity contribution in [1.29, 1.82) is 0 Å². The van der Waals surface area contributed by atoms with Gasteiger partial charge < -0.3 is 30.5 Å². The summed E-state index contributed by atoms with van der Waals surface area (Å²) in [4.78, 5) is 44.3. The normalized spacial score (nSPS) is 25.6. The standard InChI is InChI=1S/C24H19ClFN7O7/c25-22-31-17(27)13-18(32-22)33(9-30-13)19-14(26)24(38)15(39-19)16(24)40-23(20(34)35,21(36)37)5-10-1-3-11(4-2-10)12-6-28-8-29-7-12/h1-4,6-9,14-16,19,38H,5H2,(H,34,35)(H,36,37)(H2,27,31,32)/t14-,15-,16?,19-,24+/m1/s1. The third-order valence-corrected chi connectivity index (χ3v) is 7.24. The Bertz CT molecular complexity index is 1630. The number of nitrogens with two attached hydrogens (primary N) is 1. The maximum Gasteiger partial charge on any atom is 0.348 e. The lowest BCUT2D eigenvalue weighted by atomic mass is 9.93. The average Bonchev–Trinajstić information content (AvgIpc) is 3.17. The molecule has 2 aliphatic rings. The lowest BCUT2D eigenvalue weighted by Crippen LogP contribution is -2.53. The van der Waals surface area contributed by atoms with Crippen LogP contribution in [-0.4, -0.2) is 86.3 Å². The number of ether oxygens (including phenoxy) is 2. The molecule has 4 heterocycles. The van der Waals surface area contributed by atoms with Crippen LogP contribution in [0.1, 0.15) is 11.8 Å². The smallest absolute Gasteiger partial charge is 0.348 e. The summed E-state index contributed by atoms with van der Waals surface area (Å²) in [7, 11) is 0. The van der Waals surface area contributed by atoms with E-state index < -0.39 is 54.2 Å². The molecule has 0 amide bonds. The monoisotopic (exact) mass is 571 g/mol. The fourth-order valence-corrected chi connectivity index (χ4v) is 5.06. The number of carboxylic acid groups (broad SMARTS) is 2. The Balaban J connectivity index is 1.24. The second-order valence-corrected chi connectivity index (χ2v) is 9.75. The Hall–Kier alpha value is -4.31. The fourth-order valence-electron chi connectivity index (χ4n) is 4.89. The van der Waals surface area contributed by atoms with Crippen LogP contribution < -0.4 is 5.73 Å². The number of imidazole rings is 1. The first-order valence-corrected chi connectivity index (χ1v) is 12.1. The van der Waals surface area contributed by atoms with Gasteiger partial charge in [-0.15, -0.1) is 0 Å². The Morgan fingerprint density at radius 3 is 2.42 bits per heavy atom. The van der Waals surface area contributed by atoms with E-state index in [1.165, 1.54) is 24.8 Å². The van der Waals surface area contributed by atoms with Gasteiger partial charge in [0.2, 0.25) is 5.28 Å². The third-order valence-electron chi connectivity index (χ3n) is 7.07. The van der Waals surface area contributed by atoms with E-state index in [-0.39, 0.29) is 22.3 Å². The van der Waals surface area contributed by atoms with E-state index in [1.54, 1.807) is 24.5 Å². The largest absolute Gasteiger partial charge is 0.479 e. The van der Waals surface area contributed by atoms with E-state index in [0.29, 0.717) is 16.7 Å². The number of aliphatic hydroxyl groups is 1. The molecule has 1 unspecified atom stereocenters. The van der Waals surface area contributed by atoms with Crippen LogP contribution in [-0.2, 0) is 25.5 Å². The van der Waals surface area contributed by atoms with Gasteiger partial charge in [-0.1, -0.05) is 24.3 Å². The Morgan fingerprint density at radius 1 is 1.15 bits per heavy atom. The number of aromatic nitrogens is 6. The Labute approximate surface area is 228 Å². The van der Waals surface area contributed by atoms with Gasteiger partial charge in [0.25, 0.3) is 5.60 Å². The summed E-state index contributed by atoms with van der Waals surface area (Å²) in [5.74, 6) is -3.71. The fraction of sp³-hybridized carbons (Fsp3) is 0.292. The molecule has 4 aromatic rings. The Kier molecular flexibility index (Phi) is 5.92. The summed E-state index contributed by atoms with van der Waals surface area (Å²) in [6, 6.07) is 6.35. The van der Waals surface area contributed by atoms with Crippen LogP contribution in [0.2, 0.25) is 5.28 Å². The summed E-state index contributed by atoms with van der Waals surface area (Å²) < 4.78 is 27.9. The molecule has 1 aliphatic carbocycles. The number of aliphatic carboxylic acids is 2. The van der Waals surface area contributed by atoms with Gasteiger partial charge >= 0.3 is 11.9 Å². The van der Waals surface area contributed by atoms with Crippen LogP contribution in [0.5, 0.6) is 0 Å². The molecule has 0 bridgehead atoms. The van der Waals surface area contributed by atoms with Crippen LogP contribution in [0.3, 0.4) is 0 Å². The summed E-state index contributed by atoms with van der Waals surface area (Å²) in [6.07, 6.45) is -1.51. The molecule has 3 aromatic heterocycles. The van der Waals surface area contributed by atoms with Crippen molar-refractivity contribution in [1.82, 2.24) is 29.5 Å². The van der Waals surface area contributed by atoms with Gasteiger partial charge in [0.1, 0.15) is 24.1 Å². The molecule has 1 aromatic carbocycles. The van der Waals surface area contributed by atoms with Gasteiger partial charge in [-0.3, -0.25) is 4.57 Å². The number of carboxylic acids is 2. The number of hydrogen-bond acceptors (Lipinski definition) is 11. The summed E-state index contributed by atoms with van der Waals surface area (Å²) in [5, 5.41) is 30.8. The molecule has 40 heavy (non-hydrogen) atoms. The molecule has 16 heteroatoms. The van der Waals surface area contributed by atoms with Crippen molar-refractivity contribution < 1.29 is 38.8 Å². The van der Waals surface area contributed by atoms with Gasteiger partial charge in [0.05, 0.1) is 6.33 Å². The Morgan fingerprint density at radius 2 is 1.82 bits per heavy atom. The van der Waals surface area contributed by atoms with Gasteiger partial charge in [0.15, 0.2) is 29.5 Å². The lowest BCUT2D eigenvalue weighted by Gasteiger charge is -2.28. The summed E-state index contributed by atoms with van der Waals surface area (Å²) >= 11 is 5.86. The van der Waals surface area contributed by atoms with Crippen molar-refractivity contribution in [2.75, 3.05) is 5.73 Å². The average molecular weight is 572 g/mol. The first-order chi connectivity index (χ1) is 19.1. The van der Waals surface area contributed by atoms with Crippen LogP contribution in [0.25, 0.3) is 22.3 Å². The van der Waals surface area contributed by atoms with Crippen molar-refractivity contribution in [3.8, 4) is 11.1 Å². The van der Waals surface area contributed by atoms with Gasteiger partial charge in [-0.25, -0.2) is 28.9 Å². The number of alkyl halides is 1. The summed E-state index contributed by atoms with van der Waals surface area (Å²) in [6.45, 7) is 0. The molecule has 1 saturated carbocycles. The molecular formula is C24H19ClFN7O7. The minimum atomic E-state index is -2.85. The molecular weight excluding hydrogens is 553 g/mol. The quantitative estimate of drug-likeness (QED) is 0.172. The molecule has 206 valence electrons. The van der Waals surface area contributed by atoms with E-state index >= 15 is 4.39 Å². The number of halogens is 2. The highest BCUT2D eigenvalue weighted by Crippen LogP contribution is 2.58. The number of rotatable bonds is 8. The predicted octanol–water partition coefficient (Wildman–Crippen LogP) is 1.03. The van der Waals surface area contributed by atoms with Crippen molar-refractivity contribution in [3.05, 3.63) is 60.2 Å². The van der Waals surface area contributed by atoms with Crippen LogP contribution in [0, 0.1) is 0 Å². The van der Waals surface area contributed by atoms with Crippen molar-refractivity contribution in [2.24, 2.45) is 0 Å². The van der Waals surface area contributed by atoms with Crippen molar-refractivity contribution in [2.45, 2.75) is 42.2 Å². The van der Waals surface area contributed by atoms with Crippen molar-refractivity contribution >= 4 is 40.5 Å². The van der Waals surface area contributed by atoms with E-state index in [9.17, 15) is 24.9 Å². The highest BCUT2D eigenvalue weighted by molar-refractivity contribution is 6.28. The number of nitrogens with zero attached hydrogens (tertiary/aromatic N) is 6. The minimum Gasteiger partial charge on any atom is -0.479 e. The molecule has 0 radical (unpaired) electrons. The molecule has 5 atom stereocenters. The number of nitrogen functional groups attached to an aromatic ring is 1. The molecule has 0 spiro atoms. The maximum atomic E-state index is 15.6. The second kappa shape index (κ2) is 9.12. The second-order valence-electron chi connectivity index (χ2n) is 9.41. The zero-order valence-electron chi connectivity index (χ0n) is 20.1. The molecule has 14 nitrogen and oxygen atoms in total. The number of anilines is 1. The number of fused-ring (bicyclic) bond motifs is 2. The number of carbonyl (C=O) groups is 2. The van der Waals surface area contributed by atoms with Crippen LogP contribution in [0.4, 0.5) is 10.2 Å². The molecule has 1 aliphatic heterocycles. The van der Waals surface area contributed by atoms with E-state index in [0.717, 1.165) is 4.57 Å². The molecule has 2 fully saturated rings. The van der Waals surface area contributed by atoms with Crippen LogP contribution in [0.15, 0.2) is 49.3 Å². The molecule has 1 saturated heterocycles. The third kappa shape index (κ3) is 3.85. The van der Waals surface area contributed by atoms with Gasteiger partial charge in [0, 0.05) is 24.4 Å². The zero-order chi connectivity index (χ0) is 28.4. The predicted molar refractivity (Wildman–Crippen MR) is 133 cm³/mol.